The van der Waals surface area contributed by atoms with E-state index in [-0.39, 0.29) is 12.1 Å². The van der Waals surface area contributed by atoms with Crippen molar-refractivity contribution < 1.29 is 14.3 Å². The molecule has 3 unspecified atom stereocenters. The first-order chi connectivity index (χ1) is 8.74. The molecule has 1 aromatic heterocycles. The minimum absolute atomic E-state index is 0.0833. The first-order valence-corrected chi connectivity index (χ1v) is 7.30. The van der Waals surface area contributed by atoms with E-state index in [9.17, 15) is 4.79 Å². The lowest BCUT2D eigenvalue weighted by molar-refractivity contribution is 0.0487. The largest absolute Gasteiger partial charge is 0.461 e. The quantitative estimate of drug-likeness (QED) is 0.787. The summed E-state index contributed by atoms with van der Waals surface area (Å²) in [4.78, 5) is 16.7. The van der Waals surface area contributed by atoms with Crippen molar-refractivity contribution in [2.24, 2.45) is 11.8 Å². The fourth-order valence-corrected chi connectivity index (χ4v) is 3.08. The van der Waals surface area contributed by atoms with Crippen LogP contribution < -0.4 is 0 Å². The van der Waals surface area contributed by atoms with Crippen molar-refractivity contribution >= 4 is 17.3 Å². The number of thiazole rings is 1. The van der Waals surface area contributed by atoms with E-state index in [1.54, 1.807) is 6.20 Å². The Balaban J connectivity index is 1.56. The lowest BCUT2D eigenvalue weighted by atomic mass is 10.2. The van der Waals surface area contributed by atoms with Crippen LogP contribution in [0.5, 0.6) is 0 Å². The van der Waals surface area contributed by atoms with E-state index >= 15 is 0 Å². The van der Waals surface area contributed by atoms with Gasteiger partial charge in [0, 0.05) is 6.61 Å². The molecule has 0 N–H and O–H groups in total. The molecule has 1 aromatic rings. The molecule has 0 spiro atoms. The van der Waals surface area contributed by atoms with Gasteiger partial charge in [-0.05, 0) is 31.1 Å². The summed E-state index contributed by atoms with van der Waals surface area (Å²) in [6.07, 6.45) is 4.95. The van der Waals surface area contributed by atoms with Crippen LogP contribution >= 0.6 is 11.3 Å². The molecule has 3 atom stereocenters. The van der Waals surface area contributed by atoms with E-state index in [1.807, 2.05) is 0 Å². The smallest absolute Gasteiger partial charge is 0.349 e. The highest BCUT2D eigenvalue weighted by Gasteiger charge is 2.34. The first kappa shape index (κ1) is 12.1. The van der Waals surface area contributed by atoms with Gasteiger partial charge in [-0.3, -0.25) is 0 Å². The lowest BCUT2D eigenvalue weighted by Crippen LogP contribution is -2.06. The third-order valence-corrected chi connectivity index (χ3v) is 4.70. The Morgan fingerprint density at radius 2 is 2.50 bits per heavy atom. The Bertz CT molecular complexity index is 439. The Labute approximate surface area is 110 Å². The van der Waals surface area contributed by atoms with E-state index < -0.39 is 0 Å². The monoisotopic (exact) mass is 267 g/mol. The summed E-state index contributed by atoms with van der Waals surface area (Å²) in [5.74, 6) is 1.04. The highest BCUT2D eigenvalue weighted by molar-refractivity contribution is 7.13. The fraction of sp³-hybridized carbons (Fsp3) is 0.692. The summed E-state index contributed by atoms with van der Waals surface area (Å²) >= 11 is 1.40. The van der Waals surface area contributed by atoms with Crippen LogP contribution in [0, 0.1) is 11.8 Å². The minimum atomic E-state index is -0.240. The third kappa shape index (κ3) is 2.57. The topological polar surface area (TPSA) is 48.4 Å². The standard InChI is InChI=1S/C13H17NO3S/c1-8-5-9(8)7-17-13(15)11-6-14-12(18-11)10-3-2-4-16-10/h6,8-10H,2-5,7H2,1H3. The summed E-state index contributed by atoms with van der Waals surface area (Å²) in [6.45, 7) is 3.53. The Kier molecular flexibility index (Phi) is 3.35. The van der Waals surface area contributed by atoms with Crippen molar-refractivity contribution in [2.75, 3.05) is 13.2 Å². The van der Waals surface area contributed by atoms with Gasteiger partial charge in [-0.15, -0.1) is 11.3 Å². The van der Waals surface area contributed by atoms with Crippen LogP contribution in [0.4, 0.5) is 0 Å². The zero-order valence-electron chi connectivity index (χ0n) is 10.4. The molecule has 98 valence electrons. The zero-order valence-corrected chi connectivity index (χ0v) is 11.2. The zero-order chi connectivity index (χ0) is 12.5. The molecule has 2 fully saturated rings. The average Bonchev–Trinajstić information content (AvgIpc) is 2.83. The van der Waals surface area contributed by atoms with Gasteiger partial charge >= 0.3 is 5.97 Å². The van der Waals surface area contributed by atoms with Gasteiger partial charge in [0.2, 0.25) is 0 Å². The number of hydrogen-bond acceptors (Lipinski definition) is 5. The molecule has 1 aliphatic heterocycles. The first-order valence-electron chi connectivity index (χ1n) is 6.48. The van der Waals surface area contributed by atoms with Crippen LogP contribution in [-0.2, 0) is 9.47 Å². The van der Waals surface area contributed by atoms with Gasteiger partial charge in [0.15, 0.2) is 0 Å². The number of nitrogens with zero attached hydrogens (tertiary/aromatic N) is 1. The van der Waals surface area contributed by atoms with Gasteiger partial charge in [0.05, 0.1) is 12.8 Å². The van der Waals surface area contributed by atoms with Gasteiger partial charge in [-0.25, -0.2) is 9.78 Å². The summed E-state index contributed by atoms with van der Waals surface area (Å²) in [5.41, 5.74) is 0. The van der Waals surface area contributed by atoms with Crippen LogP contribution in [0.1, 0.15) is 47.0 Å². The number of carbonyl (C=O) groups is 1. The molecule has 3 rings (SSSR count). The molecule has 0 radical (unpaired) electrons. The normalized spacial score (nSPS) is 30.4. The molecule has 18 heavy (non-hydrogen) atoms. The van der Waals surface area contributed by atoms with Crippen LogP contribution in [0.2, 0.25) is 0 Å². The predicted molar refractivity (Wildman–Crippen MR) is 67.6 cm³/mol. The number of carbonyl (C=O) groups excluding carboxylic acids is 1. The molecule has 1 saturated heterocycles. The molecule has 1 saturated carbocycles. The van der Waals surface area contributed by atoms with Gasteiger partial charge in [0.25, 0.3) is 0 Å². The molecular formula is C13H17NO3S. The maximum atomic E-state index is 11.8. The molecule has 0 bridgehead atoms. The Morgan fingerprint density at radius 1 is 1.67 bits per heavy atom. The highest BCUT2D eigenvalue weighted by atomic mass is 32.1. The van der Waals surface area contributed by atoms with E-state index in [0.717, 1.165) is 24.5 Å². The maximum absolute atomic E-state index is 11.8. The second-order valence-corrected chi connectivity index (χ2v) is 6.20. The van der Waals surface area contributed by atoms with Crippen LogP contribution in [0.3, 0.4) is 0 Å². The third-order valence-electron chi connectivity index (χ3n) is 3.63. The summed E-state index contributed by atoms with van der Waals surface area (Å²) in [6, 6.07) is 0. The Morgan fingerprint density at radius 3 is 3.17 bits per heavy atom. The van der Waals surface area contributed by atoms with Crippen molar-refractivity contribution in [2.45, 2.75) is 32.3 Å². The minimum Gasteiger partial charge on any atom is -0.461 e. The molecule has 5 heteroatoms. The van der Waals surface area contributed by atoms with Crippen molar-refractivity contribution in [3.63, 3.8) is 0 Å². The van der Waals surface area contributed by atoms with Crippen molar-refractivity contribution in [3.8, 4) is 0 Å². The number of aromatic nitrogens is 1. The predicted octanol–water partition coefficient (Wildman–Crippen LogP) is 2.81. The molecule has 0 aromatic carbocycles. The summed E-state index contributed by atoms with van der Waals surface area (Å²) < 4.78 is 10.8. The van der Waals surface area contributed by atoms with Crippen LogP contribution in [-0.4, -0.2) is 24.2 Å². The molecule has 2 aliphatic rings. The van der Waals surface area contributed by atoms with Crippen molar-refractivity contribution in [1.82, 2.24) is 4.98 Å². The number of esters is 1. The van der Waals surface area contributed by atoms with Gasteiger partial charge in [-0.1, -0.05) is 6.92 Å². The van der Waals surface area contributed by atoms with Gasteiger partial charge in [0.1, 0.15) is 16.0 Å². The van der Waals surface area contributed by atoms with Gasteiger partial charge < -0.3 is 9.47 Å². The van der Waals surface area contributed by atoms with Crippen molar-refractivity contribution in [1.29, 1.82) is 0 Å². The Hall–Kier alpha value is -0.940. The van der Waals surface area contributed by atoms with E-state index in [2.05, 4.69) is 11.9 Å². The molecular weight excluding hydrogens is 250 g/mol. The second kappa shape index (κ2) is 4.97. The maximum Gasteiger partial charge on any atom is 0.349 e. The second-order valence-electron chi connectivity index (χ2n) is 5.14. The van der Waals surface area contributed by atoms with E-state index in [0.29, 0.717) is 23.3 Å². The average molecular weight is 267 g/mol. The van der Waals surface area contributed by atoms with Crippen LogP contribution in [0.25, 0.3) is 0 Å². The number of ether oxygens (including phenoxy) is 2. The lowest BCUT2D eigenvalue weighted by Gasteiger charge is -2.03. The molecule has 1 aliphatic carbocycles. The summed E-state index contributed by atoms with van der Waals surface area (Å²) in [7, 11) is 0. The summed E-state index contributed by atoms with van der Waals surface area (Å²) in [5, 5.41) is 0.902. The van der Waals surface area contributed by atoms with Gasteiger partial charge in [-0.2, -0.15) is 0 Å². The fourth-order valence-electron chi connectivity index (χ4n) is 2.19. The molecule has 0 amide bonds. The molecule has 2 heterocycles. The number of hydrogen-bond donors (Lipinski definition) is 0. The van der Waals surface area contributed by atoms with E-state index in [1.165, 1.54) is 17.8 Å². The highest BCUT2D eigenvalue weighted by Crippen LogP contribution is 2.38. The SMILES string of the molecule is CC1CC1COC(=O)c1cnc(C2CCCO2)s1. The van der Waals surface area contributed by atoms with Crippen LogP contribution in [0.15, 0.2) is 6.20 Å². The molecule has 4 nitrogen and oxygen atoms in total. The van der Waals surface area contributed by atoms with Crippen molar-refractivity contribution in [3.05, 3.63) is 16.1 Å². The van der Waals surface area contributed by atoms with E-state index in [4.69, 9.17) is 9.47 Å². The number of rotatable bonds is 4.